The highest BCUT2D eigenvalue weighted by Gasteiger charge is 2.83. The van der Waals surface area contributed by atoms with Gasteiger partial charge in [-0.1, -0.05) is 20.4 Å². The molecule has 4 N–H and O–H groups in total. The van der Waals surface area contributed by atoms with Gasteiger partial charge in [-0.15, -0.1) is 0 Å². The maximum atomic E-state index is 11.6. The van der Waals surface area contributed by atoms with E-state index in [4.69, 9.17) is 4.74 Å². The molecule has 0 aromatic rings. The summed E-state index contributed by atoms with van der Waals surface area (Å²) in [6, 6.07) is 0. The minimum absolute atomic E-state index is 0.0628. The van der Waals surface area contributed by atoms with Crippen molar-refractivity contribution in [3.05, 3.63) is 12.2 Å². The van der Waals surface area contributed by atoms with Crippen LogP contribution in [0.2, 0.25) is 0 Å². The van der Waals surface area contributed by atoms with Crippen LogP contribution in [-0.2, 0) is 4.74 Å². The summed E-state index contributed by atoms with van der Waals surface area (Å²) in [5.41, 5.74) is -0.996. The Kier molecular flexibility index (Phi) is 3.01. The molecule has 0 amide bonds. The Morgan fingerprint density at radius 1 is 1.12 bits per heavy atom. The smallest absolute Gasteiger partial charge is 0.201 e. The molecule has 4 bridgehead atoms. The summed E-state index contributed by atoms with van der Waals surface area (Å²) in [5.74, 6) is -1.91. The van der Waals surface area contributed by atoms with Gasteiger partial charge in [0, 0.05) is 11.3 Å². The van der Waals surface area contributed by atoms with Crippen LogP contribution in [-0.4, -0.2) is 51.1 Å². The van der Waals surface area contributed by atoms with E-state index in [9.17, 15) is 20.4 Å². The molecule has 140 valence electrons. The van der Waals surface area contributed by atoms with E-state index in [2.05, 4.69) is 20.4 Å². The molecule has 0 aromatic heterocycles. The Labute approximate surface area is 148 Å². The molecule has 0 aromatic carbocycles. The van der Waals surface area contributed by atoms with Crippen LogP contribution in [0.4, 0.5) is 0 Å². The molecular formula is C20H30O5. The van der Waals surface area contributed by atoms with Gasteiger partial charge in [-0.05, 0) is 54.9 Å². The lowest BCUT2D eigenvalue weighted by Gasteiger charge is -2.75. The van der Waals surface area contributed by atoms with Crippen LogP contribution in [0.25, 0.3) is 0 Å². The molecule has 6 aliphatic rings. The summed E-state index contributed by atoms with van der Waals surface area (Å²) in [6.45, 7) is 8.60. The number of rotatable bonds is 0. The monoisotopic (exact) mass is 350 g/mol. The first-order valence-corrected chi connectivity index (χ1v) is 9.72. The summed E-state index contributed by atoms with van der Waals surface area (Å²) in [7, 11) is 0. The van der Waals surface area contributed by atoms with E-state index in [0.717, 1.165) is 24.8 Å². The first kappa shape index (κ1) is 16.7. The minimum Gasteiger partial charge on any atom is -0.392 e. The van der Waals surface area contributed by atoms with Gasteiger partial charge in [0.2, 0.25) is 5.79 Å². The van der Waals surface area contributed by atoms with Crippen molar-refractivity contribution in [3.63, 3.8) is 0 Å². The van der Waals surface area contributed by atoms with Crippen molar-refractivity contribution in [2.24, 2.45) is 34.0 Å². The first-order chi connectivity index (χ1) is 11.6. The van der Waals surface area contributed by atoms with Crippen molar-refractivity contribution in [1.82, 2.24) is 0 Å². The summed E-state index contributed by atoms with van der Waals surface area (Å²) in [5, 5.41) is 45.3. The minimum atomic E-state index is -1.77. The SMILES string of the molecule is C=C1[C@@H]2CC[C@H]3[C@@]45CO[C@@](O)([C@@H](O)[C@@H]4C(C)(C)CC[C@@H]5O)[C@]3(C2)[C@@H]1O. The van der Waals surface area contributed by atoms with E-state index in [1.54, 1.807) is 0 Å². The average Bonchev–Trinajstić information content (AvgIpc) is 2.75. The topological polar surface area (TPSA) is 90.2 Å². The van der Waals surface area contributed by atoms with Crippen molar-refractivity contribution >= 4 is 0 Å². The second kappa shape index (κ2) is 4.50. The molecule has 2 spiro atoms. The van der Waals surface area contributed by atoms with Crippen LogP contribution < -0.4 is 0 Å². The number of hydrogen-bond acceptors (Lipinski definition) is 5. The van der Waals surface area contributed by atoms with Crippen molar-refractivity contribution < 1.29 is 25.2 Å². The molecule has 5 heteroatoms. The molecule has 6 fully saturated rings. The molecule has 0 radical (unpaired) electrons. The molecule has 2 heterocycles. The normalized spacial score (nSPS) is 61.8. The molecule has 9 atom stereocenters. The van der Waals surface area contributed by atoms with Crippen molar-refractivity contribution in [1.29, 1.82) is 0 Å². The van der Waals surface area contributed by atoms with Gasteiger partial charge in [-0.25, -0.2) is 0 Å². The van der Waals surface area contributed by atoms with E-state index in [0.29, 0.717) is 12.8 Å². The summed E-state index contributed by atoms with van der Waals surface area (Å²) < 4.78 is 5.95. The van der Waals surface area contributed by atoms with Crippen molar-refractivity contribution in [3.8, 4) is 0 Å². The summed E-state index contributed by atoms with van der Waals surface area (Å²) in [6.07, 6.45) is 1.26. The molecule has 4 aliphatic carbocycles. The van der Waals surface area contributed by atoms with Crippen LogP contribution in [0.3, 0.4) is 0 Å². The summed E-state index contributed by atoms with van der Waals surface area (Å²) in [4.78, 5) is 0. The molecule has 5 nitrogen and oxygen atoms in total. The Morgan fingerprint density at radius 3 is 2.56 bits per heavy atom. The zero-order chi connectivity index (χ0) is 18.0. The fraction of sp³-hybridized carbons (Fsp3) is 0.900. The summed E-state index contributed by atoms with van der Waals surface area (Å²) >= 11 is 0. The number of fused-ring (bicyclic) bond motifs is 2. The lowest BCUT2D eigenvalue weighted by molar-refractivity contribution is -0.466. The van der Waals surface area contributed by atoms with Gasteiger partial charge in [-0.3, -0.25) is 0 Å². The van der Waals surface area contributed by atoms with Gasteiger partial charge in [0.1, 0.15) is 6.10 Å². The maximum absolute atomic E-state index is 11.6. The third-order valence-corrected chi connectivity index (χ3v) is 9.05. The van der Waals surface area contributed by atoms with E-state index in [-0.39, 0.29) is 29.8 Å². The largest absolute Gasteiger partial charge is 0.392 e. The van der Waals surface area contributed by atoms with Crippen LogP contribution in [0.5, 0.6) is 0 Å². The number of aliphatic hydroxyl groups is 4. The van der Waals surface area contributed by atoms with E-state index in [1.165, 1.54) is 0 Å². The molecule has 25 heavy (non-hydrogen) atoms. The van der Waals surface area contributed by atoms with Gasteiger partial charge in [0.15, 0.2) is 0 Å². The quantitative estimate of drug-likeness (QED) is 0.493. The molecule has 2 aliphatic heterocycles. The van der Waals surface area contributed by atoms with E-state index >= 15 is 0 Å². The van der Waals surface area contributed by atoms with Crippen molar-refractivity contribution in [2.75, 3.05) is 6.61 Å². The number of hydrogen-bond donors (Lipinski definition) is 4. The van der Waals surface area contributed by atoms with Gasteiger partial charge in [-0.2, -0.15) is 0 Å². The van der Waals surface area contributed by atoms with Crippen LogP contribution in [0, 0.1) is 34.0 Å². The highest BCUT2D eigenvalue weighted by Crippen LogP contribution is 2.77. The molecule has 2 saturated heterocycles. The molecule has 6 rings (SSSR count). The maximum Gasteiger partial charge on any atom is 0.201 e. The second-order valence-corrected chi connectivity index (χ2v) is 10.1. The second-order valence-electron chi connectivity index (χ2n) is 10.1. The Morgan fingerprint density at radius 2 is 1.84 bits per heavy atom. The van der Waals surface area contributed by atoms with Crippen LogP contribution >= 0.6 is 0 Å². The number of ether oxygens (including phenoxy) is 1. The Bertz CT molecular complexity index is 646. The fourth-order valence-corrected chi connectivity index (χ4v) is 8.07. The van der Waals surface area contributed by atoms with E-state index in [1.807, 2.05) is 0 Å². The van der Waals surface area contributed by atoms with Gasteiger partial charge < -0.3 is 25.2 Å². The highest BCUT2D eigenvalue weighted by molar-refractivity contribution is 5.35. The lowest BCUT2D eigenvalue weighted by atomic mass is 9.36. The fourth-order valence-electron chi connectivity index (χ4n) is 8.07. The van der Waals surface area contributed by atoms with E-state index < -0.39 is 34.9 Å². The predicted octanol–water partition coefficient (Wildman–Crippen LogP) is 1.20. The van der Waals surface area contributed by atoms with Gasteiger partial charge in [0.05, 0.1) is 24.2 Å². The zero-order valence-corrected chi connectivity index (χ0v) is 15.1. The third-order valence-electron chi connectivity index (χ3n) is 9.05. The third kappa shape index (κ3) is 1.49. The Balaban J connectivity index is 1.77. The van der Waals surface area contributed by atoms with Crippen LogP contribution in [0.15, 0.2) is 12.2 Å². The standard InChI is InChI=1S/C20H30O5/c1-10-11-4-5-12-18-9-25-20(24,19(12,8-11)15(10)22)16(23)14(18)17(2,3)7-6-13(18)21/h11-16,21-24H,1,4-9H2,2-3H3/t11-,12+,13+,14-,15-,16+,18-,19+,20+/m1/s1. The molecule has 0 unspecified atom stereocenters. The average molecular weight is 350 g/mol. The molecular weight excluding hydrogens is 320 g/mol. The lowest BCUT2D eigenvalue weighted by Crippen LogP contribution is -2.84. The predicted molar refractivity (Wildman–Crippen MR) is 90.3 cm³/mol. The van der Waals surface area contributed by atoms with Gasteiger partial charge >= 0.3 is 0 Å². The first-order valence-electron chi connectivity index (χ1n) is 9.72. The number of aliphatic hydroxyl groups excluding tert-OH is 3. The Hall–Kier alpha value is -0.460. The highest BCUT2D eigenvalue weighted by atomic mass is 16.6. The molecule has 4 saturated carbocycles. The van der Waals surface area contributed by atoms with Crippen LogP contribution in [0.1, 0.15) is 46.0 Å². The zero-order valence-electron chi connectivity index (χ0n) is 15.1. The van der Waals surface area contributed by atoms with Crippen molar-refractivity contribution in [2.45, 2.75) is 70.1 Å². The van der Waals surface area contributed by atoms with Gasteiger partial charge in [0.25, 0.3) is 0 Å².